The molecule has 0 fully saturated rings. The fraction of sp³-hybridized carbons (Fsp3) is 0.417. The minimum atomic E-state index is 0.207. The standard InChI is InChI=1S/C12H16N2/c1-9-8-13-14-6-5-10(7-11(9)14)12(2,3)4/h5-8H,1-4H3. The van der Waals surface area contributed by atoms with E-state index in [-0.39, 0.29) is 5.41 Å². The minimum Gasteiger partial charge on any atom is -0.241 e. The molecule has 0 unspecified atom stereocenters. The van der Waals surface area contributed by atoms with Crippen LogP contribution in [0.5, 0.6) is 0 Å². The van der Waals surface area contributed by atoms with Gasteiger partial charge in [0.25, 0.3) is 0 Å². The Labute approximate surface area is 84.6 Å². The predicted molar refractivity (Wildman–Crippen MR) is 58.6 cm³/mol. The van der Waals surface area contributed by atoms with Crippen molar-refractivity contribution in [1.82, 2.24) is 9.61 Å². The van der Waals surface area contributed by atoms with Crippen molar-refractivity contribution >= 4 is 5.52 Å². The predicted octanol–water partition coefficient (Wildman–Crippen LogP) is 2.94. The van der Waals surface area contributed by atoms with Crippen molar-refractivity contribution < 1.29 is 0 Å². The van der Waals surface area contributed by atoms with Crippen molar-refractivity contribution in [3.8, 4) is 0 Å². The highest BCUT2D eigenvalue weighted by Gasteiger charge is 2.14. The second kappa shape index (κ2) is 2.84. The molecule has 2 heterocycles. The normalized spacial score (nSPS) is 12.3. The van der Waals surface area contributed by atoms with E-state index in [1.54, 1.807) is 0 Å². The Morgan fingerprint density at radius 2 is 2.00 bits per heavy atom. The zero-order valence-electron chi connectivity index (χ0n) is 9.20. The lowest BCUT2D eigenvalue weighted by atomic mass is 9.87. The number of pyridine rings is 1. The van der Waals surface area contributed by atoms with Crippen molar-refractivity contribution in [1.29, 1.82) is 0 Å². The molecule has 0 spiro atoms. The lowest BCUT2D eigenvalue weighted by Gasteiger charge is -2.18. The van der Waals surface area contributed by atoms with E-state index in [0.717, 1.165) is 0 Å². The van der Waals surface area contributed by atoms with Gasteiger partial charge >= 0.3 is 0 Å². The zero-order chi connectivity index (χ0) is 10.3. The zero-order valence-corrected chi connectivity index (χ0v) is 9.20. The number of aromatic nitrogens is 2. The topological polar surface area (TPSA) is 17.3 Å². The van der Waals surface area contributed by atoms with Gasteiger partial charge in [0.05, 0.1) is 11.7 Å². The Morgan fingerprint density at radius 1 is 1.29 bits per heavy atom. The van der Waals surface area contributed by atoms with E-state index in [2.05, 4.69) is 44.9 Å². The van der Waals surface area contributed by atoms with Crippen molar-refractivity contribution in [2.45, 2.75) is 33.1 Å². The van der Waals surface area contributed by atoms with Crippen LogP contribution in [0.4, 0.5) is 0 Å². The van der Waals surface area contributed by atoms with Gasteiger partial charge in [-0.2, -0.15) is 5.10 Å². The molecule has 2 rings (SSSR count). The van der Waals surface area contributed by atoms with E-state index in [9.17, 15) is 0 Å². The maximum absolute atomic E-state index is 4.26. The van der Waals surface area contributed by atoms with Crippen LogP contribution in [0.15, 0.2) is 24.5 Å². The fourth-order valence-electron chi connectivity index (χ4n) is 1.57. The van der Waals surface area contributed by atoms with Gasteiger partial charge in [0, 0.05) is 6.20 Å². The van der Waals surface area contributed by atoms with Gasteiger partial charge in [-0.15, -0.1) is 0 Å². The van der Waals surface area contributed by atoms with Gasteiger partial charge in [0.2, 0.25) is 0 Å². The van der Waals surface area contributed by atoms with Gasteiger partial charge in [0.1, 0.15) is 0 Å². The van der Waals surface area contributed by atoms with E-state index < -0.39 is 0 Å². The van der Waals surface area contributed by atoms with E-state index in [0.29, 0.717) is 0 Å². The van der Waals surface area contributed by atoms with Crippen molar-refractivity contribution in [2.24, 2.45) is 0 Å². The van der Waals surface area contributed by atoms with Crippen LogP contribution < -0.4 is 0 Å². The molecule has 2 nitrogen and oxygen atoms in total. The molecule has 2 aromatic heterocycles. The monoisotopic (exact) mass is 188 g/mol. The number of rotatable bonds is 0. The Balaban J connectivity index is 2.66. The van der Waals surface area contributed by atoms with E-state index in [4.69, 9.17) is 0 Å². The molecule has 74 valence electrons. The van der Waals surface area contributed by atoms with Crippen LogP contribution >= 0.6 is 0 Å². The summed E-state index contributed by atoms with van der Waals surface area (Å²) >= 11 is 0. The van der Waals surface area contributed by atoms with Gasteiger partial charge in [-0.05, 0) is 35.6 Å². The third-order valence-corrected chi connectivity index (χ3v) is 2.58. The molecule has 2 aromatic rings. The summed E-state index contributed by atoms with van der Waals surface area (Å²) < 4.78 is 1.92. The Morgan fingerprint density at radius 3 is 2.64 bits per heavy atom. The molecule has 0 amide bonds. The van der Waals surface area contributed by atoms with Crippen molar-refractivity contribution in [2.75, 3.05) is 0 Å². The Kier molecular flexibility index (Phi) is 1.88. The molecule has 0 aromatic carbocycles. The first-order valence-electron chi connectivity index (χ1n) is 4.93. The van der Waals surface area contributed by atoms with E-state index in [1.807, 2.05) is 16.9 Å². The first kappa shape index (κ1) is 9.25. The number of fused-ring (bicyclic) bond motifs is 1. The molecule has 0 saturated carbocycles. The third-order valence-electron chi connectivity index (χ3n) is 2.58. The molecule has 0 atom stereocenters. The van der Waals surface area contributed by atoms with E-state index >= 15 is 0 Å². The fourth-order valence-corrected chi connectivity index (χ4v) is 1.57. The molecule has 0 bridgehead atoms. The molecule has 0 aliphatic heterocycles. The van der Waals surface area contributed by atoms with Crippen LogP contribution in [0.25, 0.3) is 5.52 Å². The van der Waals surface area contributed by atoms with Crippen LogP contribution in [-0.4, -0.2) is 9.61 Å². The smallest absolute Gasteiger partial charge is 0.0693 e. The highest BCUT2D eigenvalue weighted by atomic mass is 15.2. The Hall–Kier alpha value is -1.31. The van der Waals surface area contributed by atoms with Crippen molar-refractivity contribution in [3.05, 3.63) is 35.7 Å². The quantitative estimate of drug-likeness (QED) is 0.621. The van der Waals surface area contributed by atoms with Gasteiger partial charge in [0.15, 0.2) is 0 Å². The van der Waals surface area contributed by atoms with Gasteiger partial charge < -0.3 is 0 Å². The SMILES string of the molecule is Cc1cnn2ccc(C(C)(C)C)cc12. The maximum Gasteiger partial charge on any atom is 0.0693 e. The van der Waals surface area contributed by atoms with Crippen molar-refractivity contribution in [3.63, 3.8) is 0 Å². The first-order valence-corrected chi connectivity index (χ1v) is 4.93. The number of hydrogen-bond acceptors (Lipinski definition) is 1. The highest BCUT2D eigenvalue weighted by Crippen LogP contribution is 2.23. The molecule has 0 N–H and O–H groups in total. The largest absolute Gasteiger partial charge is 0.241 e. The third kappa shape index (κ3) is 1.41. The number of nitrogens with zero attached hydrogens (tertiary/aromatic N) is 2. The summed E-state index contributed by atoms with van der Waals surface area (Å²) in [6.07, 6.45) is 3.94. The summed E-state index contributed by atoms with van der Waals surface area (Å²) in [5, 5.41) is 4.26. The maximum atomic E-state index is 4.26. The van der Waals surface area contributed by atoms with Gasteiger partial charge in [-0.3, -0.25) is 0 Å². The molecule has 0 aliphatic rings. The summed E-state index contributed by atoms with van der Waals surface area (Å²) in [5.41, 5.74) is 4.00. The first-order chi connectivity index (χ1) is 6.48. The summed E-state index contributed by atoms with van der Waals surface area (Å²) in [5.74, 6) is 0. The summed E-state index contributed by atoms with van der Waals surface area (Å²) in [6.45, 7) is 8.77. The van der Waals surface area contributed by atoms with Gasteiger partial charge in [-0.1, -0.05) is 20.8 Å². The minimum absolute atomic E-state index is 0.207. The second-order valence-corrected chi connectivity index (χ2v) is 4.82. The molecule has 0 aliphatic carbocycles. The highest BCUT2D eigenvalue weighted by molar-refractivity contribution is 5.55. The molecule has 0 saturated heterocycles. The van der Waals surface area contributed by atoms with E-state index in [1.165, 1.54) is 16.6 Å². The summed E-state index contributed by atoms with van der Waals surface area (Å²) in [6, 6.07) is 4.36. The summed E-state index contributed by atoms with van der Waals surface area (Å²) in [4.78, 5) is 0. The molecule has 2 heteroatoms. The second-order valence-electron chi connectivity index (χ2n) is 4.82. The number of aryl methyl sites for hydroxylation is 1. The van der Waals surface area contributed by atoms with Crippen LogP contribution in [-0.2, 0) is 5.41 Å². The molecule has 0 radical (unpaired) electrons. The molecular weight excluding hydrogens is 172 g/mol. The van der Waals surface area contributed by atoms with Gasteiger partial charge in [-0.25, -0.2) is 4.52 Å². The van der Waals surface area contributed by atoms with Crippen LogP contribution in [0, 0.1) is 6.92 Å². The van der Waals surface area contributed by atoms with Crippen LogP contribution in [0.1, 0.15) is 31.9 Å². The Bertz CT molecular complexity index is 461. The van der Waals surface area contributed by atoms with Crippen LogP contribution in [0.3, 0.4) is 0 Å². The average molecular weight is 188 g/mol. The lowest BCUT2D eigenvalue weighted by molar-refractivity contribution is 0.589. The summed E-state index contributed by atoms with van der Waals surface area (Å²) in [7, 11) is 0. The molecule has 14 heavy (non-hydrogen) atoms. The lowest BCUT2D eigenvalue weighted by Crippen LogP contribution is -2.11. The molecular formula is C12H16N2. The number of hydrogen-bond donors (Lipinski definition) is 0. The average Bonchev–Trinajstić information content (AvgIpc) is 2.46. The van der Waals surface area contributed by atoms with Crippen LogP contribution in [0.2, 0.25) is 0 Å².